The molecular weight excluding hydrogens is 493 g/mol. The molecule has 208 valence electrons. The number of halogens is 1. The molecule has 1 aromatic carbocycles. The summed E-state index contributed by atoms with van der Waals surface area (Å²) in [5, 5.41) is 0. The minimum absolute atomic E-state index is 0.00347. The Kier molecular flexibility index (Phi) is 10.8. The fourth-order valence-electron chi connectivity index (χ4n) is 3.98. The topological polar surface area (TPSA) is 100 Å². The Morgan fingerprint density at radius 2 is 1.79 bits per heavy atom. The number of likely N-dealkylation sites (tertiary alicyclic amines) is 1. The third kappa shape index (κ3) is 8.93. The van der Waals surface area contributed by atoms with Gasteiger partial charge in [-0.25, -0.2) is 19.2 Å². The van der Waals surface area contributed by atoms with Crippen molar-refractivity contribution in [3.63, 3.8) is 0 Å². The van der Waals surface area contributed by atoms with Crippen LogP contribution in [0.15, 0.2) is 24.5 Å². The molecule has 10 heteroatoms. The average Bonchev–Trinajstić information content (AvgIpc) is 2.85. The summed E-state index contributed by atoms with van der Waals surface area (Å²) in [5.41, 5.74) is 1.12. The van der Waals surface area contributed by atoms with Crippen molar-refractivity contribution in [1.29, 1.82) is 0 Å². The Bertz CT molecular complexity index is 1090. The highest BCUT2D eigenvalue weighted by atomic mass is 19.1. The van der Waals surface area contributed by atoms with Gasteiger partial charge < -0.3 is 23.8 Å². The standard InChI is InChI=1S/C28H38FN3O6/c1-18(2)35-14-6-7-22(33)15-21-8-9-25(24(29)16-21)38-27-20(5)26(30-17-31-27)37-23-10-12-32(13-11-23)28(34)36-19(3)4/h8-9,16-19,23H,6-7,10-15H2,1-5H3. The second kappa shape index (κ2) is 14.0. The molecular formula is C28H38FN3O6. The predicted octanol–water partition coefficient (Wildman–Crippen LogP) is 5.42. The summed E-state index contributed by atoms with van der Waals surface area (Å²) in [5.74, 6) is -0.0274. The highest BCUT2D eigenvalue weighted by Gasteiger charge is 2.26. The molecule has 0 N–H and O–H groups in total. The zero-order valence-electron chi connectivity index (χ0n) is 22.9. The van der Waals surface area contributed by atoms with Crippen molar-refractivity contribution in [3.8, 4) is 17.5 Å². The number of rotatable bonds is 12. The molecule has 1 fully saturated rings. The van der Waals surface area contributed by atoms with Gasteiger partial charge in [-0.1, -0.05) is 6.07 Å². The largest absolute Gasteiger partial charge is 0.474 e. The molecule has 0 aliphatic carbocycles. The Hall–Kier alpha value is -3.27. The first-order valence-electron chi connectivity index (χ1n) is 13.2. The Balaban J connectivity index is 1.54. The van der Waals surface area contributed by atoms with Crippen molar-refractivity contribution >= 4 is 11.9 Å². The van der Waals surface area contributed by atoms with E-state index in [4.69, 9.17) is 18.9 Å². The summed E-state index contributed by atoms with van der Waals surface area (Å²) >= 11 is 0. The lowest BCUT2D eigenvalue weighted by molar-refractivity contribution is -0.118. The normalized spacial score (nSPS) is 14.2. The lowest BCUT2D eigenvalue weighted by Crippen LogP contribution is -2.42. The first kappa shape index (κ1) is 29.3. The molecule has 0 radical (unpaired) electrons. The summed E-state index contributed by atoms with van der Waals surface area (Å²) in [4.78, 5) is 34.3. The van der Waals surface area contributed by atoms with Gasteiger partial charge in [0.2, 0.25) is 11.8 Å². The van der Waals surface area contributed by atoms with E-state index in [2.05, 4.69) is 9.97 Å². The quantitative estimate of drug-likeness (QED) is 0.335. The summed E-state index contributed by atoms with van der Waals surface area (Å²) in [7, 11) is 0. The van der Waals surface area contributed by atoms with Gasteiger partial charge in [0.05, 0.1) is 17.8 Å². The fraction of sp³-hybridized carbons (Fsp3) is 0.571. The molecule has 1 aliphatic heterocycles. The van der Waals surface area contributed by atoms with Gasteiger partial charge in [0.15, 0.2) is 11.6 Å². The van der Waals surface area contributed by atoms with Gasteiger partial charge in [-0.05, 0) is 58.7 Å². The van der Waals surface area contributed by atoms with Gasteiger partial charge in [-0.2, -0.15) is 0 Å². The number of hydrogen-bond acceptors (Lipinski definition) is 8. The van der Waals surface area contributed by atoms with Gasteiger partial charge in [0.1, 0.15) is 18.2 Å². The Morgan fingerprint density at radius 3 is 2.45 bits per heavy atom. The maximum Gasteiger partial charge on any atom is 0.410 e. The van der Waals surface area contributed by atoms with Crippen molar-refractivity contribution in [2.45, 2.75) is 85.0 Å². The van der Waals surface area contributed by atoms with Crippen molar-refractivity contribution in [1.82, 2.24) is 14.9 Å². The van der Waals surface area contributed by atoms with Crippen molar-refractivity contribution in [2.24, 2.45) is 0 Å². The molecule has 1 aliphatic rings. The molecule has 3 rings (SSSR count). The molecule has 0 saturated carbocycles. The zero-order valence-corrected chi connectivity index (χ0v) is 22.9. The smallest absolute Gasteiger partial charge is 0.410 e. The van der Waals surface area contributed by atoms with Crippen molar-refractivity contribution in [2.75, 3.05) is 19.7 Å². The third-order valence-electron chi connectivity index (χ3n) is 5.96. The Morgan fingerprint density at radius 1 is 1.08 bits per heavy atom. The summed E-state index contributed by atoms with van der Waals surface area (Å²) in [6.07, 6.45) is 3.26. The van der Waals surface area contributed by atoms with Crippen molar-refractivity contribution < 1.29 is 32.9 Å². The third-order valence-corrected chi connectivity index (χ3v) is 5.96. The van der Waals surface area contributed by atoms with Crippen LogP contribution in [0.25, 0.3) is 0 Å². The first-order valence-corrected chi connectivity index (χ1v) is 13.2. The summed E-state index contributed by atoms with van der Waals surface area (Å²) in [6, 6.07) is 4.48. The van der Waals surface area contributed by atoms with E-state index in [0.717, 1.165) is 0 Å². The van der Waals surface area contributed by atoms with E-state index >= 15 is 0 Å². The van der Waals surface area contributed by atoms with Crippen LogP contribution in [-0.2, 0) is 20.7 Å². The van der Waals surface area contributed by atoms with Gasteiger partial charge in [-0.3, -0.25) is 4.79 Å². The SMILES string of the molecule is Cc1c(Oc2ccc(CC(=O)CCCOC(C)C)cc2F)ncnc1OC1CCN(C(=O)OC(C)C)CC1. The van der Waals surface area contributed by atoms with E-state index < -0.39 is 5.82 Å². The van der Waals surface area contributed by atoms with Crippen LogP contribution in [0.4, 0.5) is 9.18 Å². The lowest BCUT2D eigenvalue weighted by atomic mass is 10.1. The molecule has 1 aromatic heterocycles. The number of nitrogens with zero attached hydrogens (tertiary/aromatic N) is 3. The number of carbonyl (C=O) groups is 2. The van der Waals surface area contributed by atoms with Crippen LogP contribution in [0.5, 0.6) is 17.5 Å². The highest BCUT2D eigenvalue weighted by molar-refractivity contribution is 5.80. The second-order valence-electron chi connectivity index (χ2n) is 9.95. The minimum Gasteiger partial charge on any atom is -0.474 e. The number of piperidine rings is 1. The van der Waals surface area contributed by atoms with Crippen LogP contribution in [0.2, 0.25) is 0 Å². The molecule has 9 nitrogen and oxygen atoms in total. The van der Waals surface area contributed by atoms with Gasteiger partial charge >= 0.3 is 6.09 Å². The van der Waals surface area contributed by atoms with Gasteiger partial charge in [0, 0.05) is 45.4 Å². The molecule has 2 heterocycles. The molecule has 2 aromatic rings. The molecule has 1 saturated heterocycles. The van der Waals surface area contributed by atoms with Crippen LogP contribution in [0.1, 0.15) is 64.5 Å². The zero-order chi connectivity index (χ0) is 27.7. The van der Waals surface area contributed by atoms with E-state index in [9.17, 15) is 14.0 Å². The number of hydrogen-bond donors (Lipinski definition) is 0. The van der Waals surface area contributed by atoms with Crippen LogP contribution < -0.4 is 9.47 Å². The van der Waals surface area contributed by atoms with Crippen molar-refractivity contribution in [3.05, 3.63) is 41.5 Å². The first-order chi connectivity index (χ1) is 18.1. The fourth-order valence-corrected chi connectivity index (χ4v) is 3.98. The van der Waals surface area contributed by atoms with E-state index in [1.54, 1.807) is 17.9 Å². The number of aromatic nitrogens is 2. The van der Waals surface area contributed by atoms with Crippen LogP contribution in [-0.4, -0.2) is 64.8 Å². The van der Waals surface area contributed by atoms with Crippen LogP contribution >= 0.6 is 0 Å². The highest BCUT2D eigenvalue weighted by Crippen LogP contribution is 2.31. The van der Waals surface area contributed by atoms with E-state index in [1.807, 2.05) is 27.7 Å². The van der Waals surface area contributed by atoms with Gasteiger partial charge in [-0.15, -0.1) is 0 Å². The molecule has 1 amide bonds. The number of amides is 1. The number of benzene rings is 1. The molecule has 0 atom stereocenters. The molecule has 0 unspecified atom stereocenters. The van der Waals surface area contributed by atoms with Crippen LogP contribution in [0.3, 0.4) is 0 Å². The van der Waals surface area contributed by atoms with Crippen LogP contribution in [0, 0.1) is 12.7 Å². The minimum atomic E-state index is -0.584. The number of ether oxygens (including phenoxy) is 4. The molecule has 0 spiro atoms. The lowest BCUT2D eigenvalue weighted by Gasteiger charge is -2.31. The summed E-state index contributed by atoms with van der Waals surface area (Å²) in [6.45, 7) is 10.9. The Labute approximate surface area is 223 Å². The maximum absolute atomic E-state index is 14.8. The van der Waals surface area contributed by atoms with E-state index in [-0.39, 0.29) is 48.2 Å². The maximum atomic E-state index is 14.8. The number of ketones is 1. The van der Waals surface area contributed by atoms with E-state index in [0.29, 0.717) is 62.4 Å². The molecule has 38 heavy (non-hydrogen) atoms. The molecule has 0 bridgehead atoms. The average molecular weight is 532 g/mol. The number of Topliss-reactive ketones (excluding diaryl/α,β-unsaturated/α-hetero) is 1. The summed E-state index contributed by atoms with van der Waals surface area (Å²) < 4.78 is 37.3. The second-order valence-corrected chi connectivity index (χ2v) is 9.95. The monoisotopic (exact) mass is 531 g/mol. The number of carbonyl (C=O) groups excluding carboxylic acids is 2. The predicted molar refractivity (Wildman–Crippen MR) is 139 cm³/mol. The van der Waals surface area contributed by atoms with E-state index in [1.165, 1.54) is 18.5 Å². The van der Waals surface area contributed by atoms with Gasteiger partial charge in [0.25, 0.3) is 0 Å².